The second-order valence-corrected chi connectivity index (χ2v) is 6.03. The molecule has 6 nitrogen and oxygen atoms in total. The van der Waals surface area contributed by atoms with E-state index in [2.05, 4.69) is 16.9 Å². The minimum absolute atomic E-state index is 0.0320. The normalized spacial score (nSPS) is 22.5. The third-order valence-corrected chi connectivity index (χ3v) is 4.37. The van der Waals surface area contributed by atoms with Gasteiger partial charge in [0, 0.05) is 6.07 Å². The number of H-pyrrole nitrogens is 2. The van der Waals surface area contributed by atoms with Crippen LogP contribution in [0.25, 0.3) is 11.1 Å². The minimum atomic E-state index is -0.667. The Morgan fingerprint density at radius 3 is 2.57 bits per heavy atom. The maximum atomic E-state index is 12.0. The molecule has 21 heavy (non-hydrogen) atoms. The molecule has 1 aliphatic rings. The highest BCUT2D eigenvalue weighted by atomic mass is 16.4. The van der Waals surface area contributed by atoms with Gasteiger partial charge in [-0.15, -0.1) is 0 Å². The van der Waals surface area contributed by atoms with Crippen molar-refractivity contribution in [2.45, 2.75) is 39.0 Å². The molecule has 0 aliphatic heterocycles. The van der Waals surface area contributed by atoms with Gasteiger partial charge in [0.05, 0.1) is 0 Å². The van der Waals surface area contributed by atoms with Gasteiger partial charge in [0.2, 0.25) is 5.71 Å². The Morgan fingerprint density at radius 1 is 1.14 bits per heavy atom. The molecule has 1 saturated carbocycles. The predicted octanol–water partition coefficient (Wildman–Crippen LogP) is 1.54. The highest BCUT2D eigenvalue weighted by Gasteiger charge is 2.21. The molecule has 1 fully saturated rings. The molecule has 6 heteroatoms. The summed E-state index contributed by atoms with van der Waals surface area (Å²) in [5.41, 5.74) is -1.08. The molecule has 2 N–H and O–H groups in total. The number of hydrogen-bond donors (Lipinski definition) is 2. The Morgan fingerprint density at radius 2 is 1.86 bits per heavy atom. The van der Waals surface area contributed by atoms with Crippen molar-refractivity contribution in [3.8, 4) is 0 Å². The molecule has 2 aromatic rings. The lowest BCUT2D eigenvalue weighted by molar-refractivity contribution is 0.289. The zero-order valence-electron chi connectivity index (χ0n) is 11.9. The van der Waals surface area contributed by atoms with Crippen LogP contribution in [-0.2, 0) is 6.42 Å². The van der Waals surface area contributed by atoms with Crippen LogP contribution in [0.1, 0.15) is 38.2 Å². The Hall–Kier alpha value is -2.11. The molecule has 112 valence electrons. The van der Waals surface area contributed by atoms with Crippen molar-refractivity contribution in [2.75, 3.05) is 0 Å². The van der Waals surface area contributed by atoms with Gasteiger partial charge in [0.15, 0.2) is 0 Å². The van der Waals surface area contributed by atoms with Crippen LogP contribution in [0.3, 0.4) is 0 Å². The summed E-state index contributed by atoms with van der Waals surface area (Å²) in [7, 11) is 0. The van der Waals surface area contributed by atoms with E-state index in [0.29, 0.717) is 17.9 Å². The summed E-state index contributed by atoms with van der Waals surface area (Å²) in [6, 6.07) is 1.37. The van der Waals surface area contributed by atoms with Gasteiger partial charge in [-0.2, -0.15) is 0 Å². The van der Waals surface area contributed by atoms with Gasteiger partial charge in [-0.3, -0.25) is 14.8 Å². The highest BCUT2D eigenvalue weighted by molar-refractivity contribution is 5.75. The Kier molecular flexibility index (Phi) is 3.53. The number of nitrogens with one attached hydrogen (secondary N) is 2. The molecule has 0 saturated heterocycles. The van der Waals surface area contributed by atoms with Crippen LogP contribution in [0.2, 0.25) is 0 Å². The van der Waals surface area contributed by atoms with E-state index in [-0.39, 0.29) is 11.1 Å². The highest BCUT2D eigenvalue weighted by Crippen LogP contribution is 2.31. The van der Waals surface area contributed by atoms with Crippen molar-refractivity contribution in [1.29, 1.82) is 0 Å². The number of fused-ring (bicyclic) bond motifs is 1. The first-order valence-electron chi connectivity index (χ1n) is 7.32. The minimum Gasteiger partial charge on any atom is -0.405 e. The van der Waals surface area contributed by atoms with Gasteiger partial charge in [0.1, 0.15) is 5.39 Å². The van der Waals surface area contributed by atoms with Gasteiger partial charge in [-0.05, 0) is 36.7 Å². The average Bonchev–Trinajstić information content (AvgIpc) is 2.40. The second-order valence-electron chi connectivity index (χ2n) is 6.03. The molecule has 0 aromatic carbocycles. The molecule has 0 bridgehead atoms. The van der Waals surface area contributed by atoms with E-state index >= 15 is 0 Å². The molecule has 2 aromatic heterocycles. The third kappa shape index (κ3) is 2.84. The van der Waals surface area contributed by atoms with E-state index in [1.807, 2.05) is 0 Å². The van der Waals surface area contributed by atoms with Crippen molar-refractivity contribution in [3.63, 3.8) is 0 Å². The molecule has 0 spiro atoms. The van der Waals surface area contributed by atoms with Crippen LogP contribution in [0.5, 0.6) is 0 Å². The first kappa shape index (κ1) is 13.9. The zero-order chi connectivity index (χ0) is 15.0. The van der Waals surface area contributed by atoms with Crippen molar-refractivity contribution in [2.24, 2.45) is 11.8 Å². The molecule has 0 radical (unpaired) electrons. The molecular formula is C15H18N2O4. The van der Waals surface area contributed by atoms with Gasteiger partial charge < -0.3 is 4.42 Å². The number of aromatic nitrogens is 2. The Bertz CT molecular complexity index is 817. The first-order valence-corrected chi connectivity index (χ1v) is 7.32. The summed E-state index contributed by atoms with van der Waals surface area (Å²) in [5.74, 6) is 1.22. The predicted molar refractivity (Wildman–Crippen MR) is 78.6 cm³/mol. The largest absolute Gasteiger partial charge is 0.405 e. The van der Waals surface area contributed by atoms with Crippen LogP contribution < -0.4 is 16.9 Å². The Labute approximate surface area is 120 Å². The quantitative estimate of drug-likeness (QED) is 0.876. The zero-order valence-corrected chi connectivity index (χ0v) is 11.9. The lowest BCUT2D eigenvalue weighted by Gasteiger charge is -2.26. The van der Waals surface area contributed by atoms with Crippen LogP contribution in [0.4, 0.5) is 0 Å². The summed E-state index contributed by atoms with van der Waals surface area (Å²) in [6.07, 6.45) is 5.23. The van der Waals surface area contributed by atoms with Gasteiger partial charge in [0.25, 0.3) is 5.56 Å². The smallest absolute Gasteiger partial charge is 0.337 e. The summed E-state index contributed by atoms with van der Waals surface area (Å²) in [5, 5.41) is 0.285. The molecular weight excluding hydrogens is 272 g/mol. The topological polar surface area (TPSA) is 95.9 Å². The summed E-state index contributed by atoms with van der Waals surface area (Å²) >= 11 is 0. The molecule has 1 aliphatic carbocycles. The van der Waals surface area contributed by atoms with Gasteiger partial charge in [-0.1, -0.05) is 19.8 Å². The molecule has 3 rings (SSSR count). The lowest BCUT2D eigenvalue weighted by atomic mass is 9.80. The van der Waals surface area contributed by atoms with E-state index in [9.17, 15) is 14.4 Å². The van der Waals surface area contributed by atoms with Gasteiger partial charge >= 0.3 is 11.3 Å². The number of aromatic amines is 2. The average molecular weight is 290 g/mol. The fourth-order valence-corrected chi connectivity index (χ4v) is 3.18. The maximum absolute atomic E-state index is 12.0. The van der Waals surface area contributed by atoms with Crippen LogP contribution in [-0.4, -0.2) is 9.97 Å². The van der Waals surface area contributed by atoms with Crippen molar-refractivity contribution in [3.05, 3.63) is 42.9 Å². The van der Waals surface area contributed by atoms with Crippen molar-refractivity contribution in [1.82, 2.24) is 9.97 Å². The Balaban J connectivity index is 2.04. The molecule has 0 atom stereocenters. The lowest BCUT2D eigenvalue weighted by Crippen LogP contribution is -2.25. The van der Waals surface area contributed by atoms with Crippen molar-refractivity contribution >= 4 is 11.1 Å². The van der Waals surface area contributed by atoms with Crippen LogP contribution in [0, 0.1) is 11.8 Å². The summed E-state index contributed by atoms with van der Waals surface area (Å²) in [4.78, 5) is 39.5. The van der Waals surface area contributed by atoms with Gasteiger partial charge in [-0.25, -0.2) is 9.59 Å². The van der Waals surface area contributed by atoms with E-state index < -0.39 is 16.9 Å². The SMILES string of the molecule is CC1CCC(Cc2cc(=O)oc3[nH]c(=O)[nH]c(=O)c23)CC1. The second kappa shape index (κ2) is 5.35. The fourth-order valence-electron chi connectivity index (χ4n) is 3.18. The molecule has 0 amide bonds. The van der Waals surface area contributed by atoms with E-state index in [1.54, 1.807) is 0 Å². The summed E-state index contributed by atoms with van der Waals surface area (Å²) in [6.45, 7) is 2.25. The molecule has 0 unspecified atom stereocenters. The summed E-state index contributed by atoms with van der Waals surface area (Å²) < 4.78 is 4.94. The van der Waals surface area contributed by atoms with Crippen molar-refractivity contribution < 1.29 is 4.42 Å². The number of rotatable bonds is 2. The van der Waals surface area contributed by atoms with E-state index in [1.165, 1.54) is 18.9 Å². The van der Waals surface area contributed by atoms with Crippen LogP contribution in [0.15, 0.2) is 24.9 Å². The molecule has 2 heterocycles. The monoisotopic (exact) mass is 290 g/mol. The van der Waals surface area contributed by atoms with Crippen LogP contribution >= 0.6 is 0 Å². The third-order valence-electron chi connectivity index (χ3n) is 4.37. The van der Waals surface area contributed by atoms with E-state index in [0.717, 1.165) is 18.8 Å². The fraction of sp³-hybridized carbons (Fsp3) is 0.533. The first-order chi connectivity index (χ1) is 10.0. The maximum Gasteiger partial charge on any atom is 0.337 e. The number of hydrogen-bond acceptors (Lipinski definition) is 4. The standard InChI is InChI=1S/C15H18N2O4/c1-8-2-4-9(5-3-8)6-10-7-11(18)21-14-12(10)13(19)16-15(20)17-14/h7-9H,2-6H2,1H3,(H2,16,17,19,20). The van der Waals surface area contributed by atoms with E-state index in [4.69, 9.17) is 4.42 Å².